The van der Waals surface area contributed by atoms with Gasteiger partial charge in [-0.2, -0.15) is 0 Å². The van der Waals surface area contributed by atoms with Crippen LogP contribution in [0, 0.1) is 0 Å². The normalized spacial score (nSPS) is 19.7. The number of nitrogens with one attached hydrogen (secondary N) is 2. The summed E-state index contributed by atoms with van der Waals surface area (Å²) in [6.07, 6.45) is -1.66. The third kappa shape index (κ3) is 5.80. The van der Waals surface area contributed by atoms with Crippen LogP contribution in [0.3, 0.4) is 0 Å². The Morgan fingerprint density at radius 1 is 1.37 bits per heavy atom. The second kappa shape index (κ2) is 9.22. The molecule has 150 valence electrons. The summed E-state index contributed by atoms with van der Waals surface area (Å²) in [5.74, 6) is 0. The molecule has 1 fully saturated rings. The van der Waals surface area contributed by atoms with Crippen molar-refractivity contribution in [3.05, 3.63) is 27.1 Å². The van der Waals surface area contributed by atoms with Crippen molar-refractivity contribution in [2.45, 2.75) is 30.3 Å². The van der Waals surface area contributed by atoms with Gasteiger partial charge in [-0.05, 0) is 47.5 Å². The summed E-state index contributed by atoms with van der Waals surface area (Å²) >= 11 is 6.44. The number of likely N-dealkylation sites (tertiary alicyclic amines) is 1. The zero-order chi connectivity index (χ0) is 20.2. The van der Waals surface area contributed by atoms with Crippen LogP contribution in [-0.4, -0.2) is 62.4 Å². The number of hydrogen-bond donors (Lipinski definition) is 3. The molecule has 2 amide bonds. The van der Waals surface area contributed by atoms with E-state index in [1.54, 1.807) is 19.1 Å². The number of nitrogens with zero attached hydrogens (tertiary/aromatic N) is 1. The van der Waals surface area contributed by atoms with Gasteiger partial charge in [-0.15, -0.1) is 0 Å². The van der Waals surface area contributed by atoms with Crippen LogP contribution in [-0.2, 0) is 14.8 Å². The second-order valence-electron chi connectivity index (χ2n) is 5.85. The predicted octanol–water partition coefficient (Wildman–Crippen LogP) is 2.36. The molecule has 0 unspecified atom stereocenters. The largest absolute Gasteiger partial charge is 0.465 e. The predicted molar refractivity (Wildman–Crippen MR) is 104 cm³/mol. The van der Waals surface area contributed by atoms with Gasteiger partial charge in [0.15, 0.2) is 0 Å². The van der Waals surface area contributed by atoms with Gasteiger partial charge in [0.2, 0.25) is 10.0 Å². The molecule has 0 saturated carbocycles. The summed E-state index contributed by atoms with van der Waals surface area (Å²) in [6, 6.07) is 3.47. The molecule has 0 bridgehead atoms. The Hall–Kier alpha value is -1.37. The van der Waals surface area contributed by atoms with E-state index in [0.717, 1.165) is 4.90 Å². The molecule has 0 spiro atoms. The summed E-state index contributed by atoms with van der Waals surface area (Å²) in [5, 5.41) is 11.8. The van der Waals surface area contributed by atoms with E-state index in [-0.39, 0.29) is 24.5 Å². The van der Waals surface area contributed by atoms with Crippen LogP contribution in [0.25, 0.3) is 0 Å². The van der Waals surface area contributed by atoms with E-state index in [1.807, 2.05) is 0 Å². The third-order valence-electron chi connectivity index (χ3n) is 3.89. The lowest BCUT2D eigenvalue weighted by Gasteiger charge is -2.20. The molecule has 12 heteroatoms. The van der Waals surface area contributed by atoms with Crippen molar-refractivity contribution in [3.8, 4) is 0 Å². The van der Waals surface area contributed by atoms with Gasteiger partial charge >= 0.3 is 12.2 Å². The number of carboxylic acid groups (broad SMARTS) is 1. The maximum Gasteiger partial charge on any atom is 0.407 e. The lowest BCUT2D eigenvalue weighted by atomic mass is 10.2. The van der Waals surface area contributed by atoms with Crippen molar-refractivity contribution in [1.29, 1.82) is 0 Å². The lowest BCUT2D eigenvalue weighted by Crippen LogP contribution is -2.40. The van der Waals surface area contributed by atoms with Crippen LogP contribution < -0.4 is 10.0 Å². The Balaban J connectivity index is 2.09. The number of hydrogen-bond acceptors (Lipinski definition) is 5. The Morgan fingerprint density at radius 2 is 2.07 bits per heavy atom. The molecule has 9 nitrogen and oxygen atoms in total. The van der Waals surface area contributed by atoms with Crippen molar-refractivity contribution in [1.82, 2.24) is 14.9 Å². The first-order chi connectivity index (χ1) is 12.6. The van der Waals surface area contributed by atoms with E-state index in [4.69, 9.17) is 4.74 Å². The zero-order valence-electron chi connectivity index (χ0n) is 14.3. The summed E-state index contributed by atoms with van der Waals surface area (Å²) < 4.78 is 33.9. The van der Waals surface area contributed by atoms with E-state index >= 15 is 0 Å². The van der Waals surface area contributed by atoms with Crippen LogP contribution in [0.15, 0.2) is 32.0 Å². The fourth-order valence-electron chi connectivity index (χ4n) is 2.73. The zero-order valence-corrected chi connectivity index (χ0v) is 18.3. The molecule has 2 atom stereocenters. The third-order valence-corrected chi connectivity index (χ3v) is 6.90. The van der Waals surface area contributed by atoms with Gasteiger partial charge in [-0.25, -0.2) is 22.7 Å². The van der Waals surface area contributed by atoms with Gasteiger partial charge in [0, 0.05) is 28.1 Å². The van der Waals surface area contributed by atoms with Crippen LogP contribution in [0.5, 0.6) is 0 Å². The number of rotatable bonds is 6. The first kappa shape index (κ1) is 21.9. The van der Waals surface area contributed by atoms with Crippen molar-refractivity contribution >= 4 is 54.1 Å². The van der Waals surface area contributed by atoms with Crippen LogP contribution in [0.4, 0.5) is 9.59 Å². The Bertz CT molecular complexity index is 820. The number of carbonyl (C=O) groups is 2. The molecule has 2 rings (SSSR count). The first-order valence-corrected chi connectivity index (χ1v) is 11.1. The quantitative estimate of drug-likeness (QED) is 0.520. The molecular formula is C15H19Br2N3O6S. The maximum absolute atomic E-state index is 12.7. The van der Waals surface area contributed by atoms with Crippen molar-refractivity contribution < 1.29 is 27.9 Å². The molecule has 0 radical (unpaired) electrons. The SMILES string of the molecule is CCNC(=O)OC[C@H]1C[C@@H](NS(=O)(=O)c2cc(Br)ccc2Br)CN1C(=O)O. The monoisotopic (exact) mass is 527 g/mol. The highest BCUT2D eigenvalue weighted by Gasteiger charge is 2.38. The molecule has 0 aliphatic carbocycles. The van der Waals surface area contributed by atoms with Crippen LogP contribution >= 0.6 is 31.9 Å². The van der Waals surface area contributed by atoms with Gasteiger partial charge in [0.25, 0.3) is 0 Å². The minimum absolute atomic E-state index is 0.0381. The fraction of sp³-hybridized carbons (Fsp3) is 0.467. The summed E-state index contributed by atoms with van der Waals surface area (Å²) in [6.45, 7) is 1.92. The van der Waals surface area contributed by atoms with Gasteiger partial charge in [-0.3, -0.25) is 0 Å². The van der Waals surface area contributed by atoms with E-state index in [9.17, 15) is 23.1 Å². The topological polar surface area (TPSA) is 125 Å². The number of ether oxygens (including phenoxy) is 1. The average molecular weight is 529 g/mol. The number of carbonyl (C=O) groups excluding carboxylic acids is 1. The van der Waals surface area contributed by atoms with Gasteiger partial charge in [-0.1, -0.05) is 15.9 Å². The van der Waals surface area contributed by atoms with Crippen molar-refractivity contribution in [3.63, 3.8) is 0 Å². The van der Waals surface area contributed by atoms with Gasteiger partial charge in [0.1, 0.15) is 6.61 Å². The molecule has 3 N–H and O–H groups in total. The summed E-state index contributed by atoms with van der Waals surface area (Å²) in [4.78, 5) is 24.0. The summed E-state index contributed by atoms with van der Waals surface area (Å²) in [7, 11) is -3.88. The molecule has 1 saturated heterocycles. The number of benzene rings is 1. The number of sulfonamides is 1. The molecular weight excluding hydrogens is 510 g/mol. The second-order valence-corrected chi connectivity index (χ2v) is 9.30. The standard InChI is InChI=1S/C15H19Br2N3O6S/c1-2-18-14(21)26-8-11-6-10(7-20(11)15(22)23)19-27(24,25)13-5-9(16)3-4-12(13)17/h3-5,10-11,19H,2,6-8H2,1H3,(H,18,21)(H,22,23)/t10-,11-/m1/s1. The molecule has 27 heavy (non-hydrogen) atoms. The highest BCUT2D eigenvalue weighted by atomic mass is 79.9. The molecule has 1 aromatic carbocycles. The average Bonchev–Trinajstić information content (AvgIpc) is 2.97. The number of halogens is 2. The van der Waals surface area contributed by atoms with Crippen molar-refractivity contribution in [2.75, 3.05) is 19.7 Å². The Morgan fingerprint density at radius 3 is 2.70 bits per heavy atom. The van der Waals surface area contributed by atoms with Gasteiger partial charge < -0.3 is 20.1 Å². The summed E-state index contributed by atoms with van der Waals surface area (Å²) in [5.41, 5.74) is 0. The highest BCUT2D eigenvalue weighted by molar-refractivity contribution is 9.11. The molecule has 1 aliphatic heterocycles. The van der Waals surface area contributed by atoms with E-state index in [2.05, 4.69) is 41.9 Å². The smallest absolute Gasteiger partial charge is 0.407 e. The van der Waals surface area contributed by atoms with E-state index in [0.29, 0.717) is 15.5 Å². The molecule has 0 aromatic heterocycles. The van der Waals surface area contributed by atoms with Crippen LogP contribution in [0.1, 0.15) is 13.3 Å². The van der Waals surface area contributed by atoms with Crippen molar-refractivity contribution in [2.24, 2.45) is 0 Å². The maximum atomic E-state index is 12.7. The minimum Gasteiger partial charge on any atom is -0.465 e. The first-order valence-electron chi connectivity index (χ1n) is 8.01. The van der Waals surface area contributed by atoms with Gasteiger partial charge in [0.05, 0.1) is 10.9 Å². The van der Waals surface area contributed by atoms with E-state index in [1.165, 1.54) is 6.07 Å². The minimum atomic E-state index is -3.88. The van der Waals surface area contributed by atoms with Crippen LogP contribution in [0.2, 0.25) is 0 Å². The lowest BCUT2D eigenvalue weighted by molar-refractivity contribution is 0.0963. The Labute approximate surface area is 173 Å². The highest BCUT2D eigenvalue weighted by Crippen LogP contribution is 2.27. The molecule has 1 aromatic rings. The molecule has 1 heterocycles. The fourth-order valence-corrected chi connectivity index (χ4v) is 5.47. The number of alkyl carbamates (subject to hydrolysis) is 1. The molecule has 1 aliphatic rings. The van der Waals surface area contributed by atoms with E-state index < -0.39 is 34.3 Å². The Kier molecular flexibility index (Phi) is 7.48. The number of amides is 2.